The lowest BCUT2D eigenvalue weighted by Gasteiger charge is -2.39. The number of aryl methyl sites for hydroxylation is 3. The highest BCUT2D eigenvalue weighted by atomic mass is 35.5. The summed E-state index contributed by atoms with van der Waals surface area (Å²) in [7, 11) is 1.34. The Morgan fingerprint density at radius 3 is 2.45 bits per heavy atom. The van der Waals surface area contributed by atoms with Crippen LogP contribution in [0.1, 0.15) is 33.7 Å². The minimum absolute atomic E-state index is 0.00861. The van der Waals surface area contributed by atoms with Crippen molar-refractivity contribution in [2.75, 3.05) is 57.8 Å². The van der Waals surface area contributed by atoms with E-state index < -0.39 is 6.09 Å². The summed E-state index contributed by atoms with van der Waals surface area (Å²) in [4.78, 5) is 54.3. The maximum Gasteiger partial charge on any atom is 0.409 e. The van der Waals surface area contributed by atoms with Crippen LogP contribution in [-0.2, 0) is 9.53 Å². The number of carbonyl (C=O) groups excluding carboxylic acids is 3. The van der Waals surface area contributed by atoms with Crippen LogP contribution < -0.4 is 4.90 Å². The second-order valence-corrected chi connectivity index (χ2v) is 11.3. The number of halogens is 1. The zero-order chi connectivity index (χ0) is 28.6. The number of hydrogen-bond donors (Lipinski definition) is 0. The Morgan fingerprint density at radius 2 is 1.80 bits per heavy atom. The second kappa shape index (κ2) is 11.5. The van der Waals surface area contributed by atoms with Crippen molar-refractivity contribution in [1.29, 1.82) is 0 Å². The first-order valence-corrected chi connectivity index (χ1v) is 14.0. The molecule has 0 spiro atoms. The van der Waals surface area contributed by atoms with Crippen molar-refractivity contribution in [3.8, 4) is 0 Å². The van der Waals surface area contributed by atoms with Crippen LogP contribution in [0, 0.1) is 32.6 Å². The highest BCUT2D eigenvalue weighted by Crippen LogP contribution is 2.32. The number of methoxy groups -OCH3 is 1. The van der Waals surface area contributed by atoms with Crippen LogP contribution in [0.2, 0.25) is 5.02 Å². The Labute approximate surface area is 239 Å². The summed E-state index contributed by atoms with van der Waals surface area (Å²) in [6.45, 7) is 10.0. The molecule has 2 saturated heterocycles. The molecule has 0 N–H and O–H groups in total. The maximum absolute atomic E-state index is 13.5. The van der Waals surface area contributed by atoms with Crippen LogP contribution in [0.5, 0.6) is 0 Å². The van der Waals surface area contributed by atoms with Gasteiger partial charge < -0.3 is 19.4 Å². The molecule has 0 saturated carbocycles. The van der Waals surface area contributed by atoms with Gasteiger partial charge in [0, 0.05) is 68.6 Å². The van der Waals surface area contributed by atoms with Crippen LogP contribution in [0.3, 0.4) is 0 Å². The van der Waals surface area contributed by atoms with Crippen molar-refractivity contribution >= 4 is 35.2 Å². The molecule has 10 nitrogen and oxygen atoms in total. The standard InChI is InChI=1S/C29H35ClN6O4/c1-18-6-7-24(10-25(18)30)36(27(37)23-15-35(16-23)29(39)40-4)9-5-8-33-11-21-13-34(14-22(21)12-33)28(38)26-19(2)31-17-32-20(26)3/h6-7,10,13,17,22-23H,5,8-9,11-12,14-16H2,1-4H3. The summed E-state index contributed by atoms with van der Waals surface area (Å²) < 4.78 is 4.77. The lowest BCUT2D eigenvalue weighted by Crippen LogP contribution is -2.56. The summed E-state index contributed by atoms with van der Waals surface area (Å²) in [6.07, 6.45) is 3.85. The molecule has 1 aromatic heterocycles. The zero-order valence-electron chi connectivity index (χ0n) is 23.4. The molecule has 1 unspecified atom stereocenters. The minimum atomic E-state index is -0.412. The lowest BCUT2D eigenvalue weighted by atomic mass is 9.98. The van der Waals surface area contributed by atoms with Crippen LogP contribution >= 0.6 is 11.6 Å². The Morgan fingerprint density at radius 1 is 1.07 bits per heavy atom. The van der Waals surface area contributed by atoms with E-state index in [2.05, 4.69) is 14.9 Å². The predicted octanol–water partition coefficient (Wildman–Crippen LogP) is 3.45. The van der Waals surface area contributed by atoms with Gasteiger partial charge in [0.1, 0.15) is 6.33 Å². The predicted molar refractivity (Wildman–Crippen MR) is 151 cm³/mol. The van der Waals surface area contributed by atoms with Gasteiger partial charge in [-0.15, -0.1) is 0 Å². The molecule has 3 aliphatic heterocycles. The second-order valence-electron chi connectivity index (χ2n) is 10.9. The van der Waals surface area contributed by atoms with E-state index in [9.17, 15) is 14.4 Å². The van der Waals surface area contributed by atoms with E-state index in [4.69, 9.17) is 16.3 Å². The number of carbonyl (C=O) groups is 3. The monoisotopic (exact) mass is 566 g/mol. The van der Waals surface area contributed by atoms with E-state index in [1.54, 1.807) is 9.80 Å². The van der Waals surface area contributed by atoms with Crippen molar-refractivity contribution in [3.05, 3.63) is 63.8 Å². The SMILES string of the molecule is COC(=O)N1CC(C(=O)N(CCCN2CC3=CN(C(=O)c4c(C)ncnc4C)CC3C2)c2ccc(C)c(Cl)c2)C1. The van der Waals surface area contributed by atoms with E-state index in [0.717, 1.165) is 37.3 Å². The van der Waals surface area contributed by atoms with Crippen LogP contribution in [0.25, 0.3) is 0 Å². The fourth-order valence-corrected chi connectivity index (χ4v) is 5.93. The molecule has 1 aromatic carbocycles. The Hall–Kier alpha value is -3.50. The number of hydrogen-bond acceptors (Lipinski definition) is 7. The average Bonchev–Trinajstić information content (AvgIpc) is 3.46. The molecule has 0 bridgehead atoms. The summed E-state index contributed by atoms with van der Waals surface area (Å²) in [6, 6.07) is 5.68. The fraction of sp³-hybridized carbons (Fsp3) is 0.483. The topological polar surface area (TPSA) is 99.2 Å². The largest absolute Gasteiger partial charge is 0.453 e. The van der Waals surface area contributed by atoms with Gasteiger partial charge in [0.25, 0.3) is 5.91 Å². The quantitative estimate of drug-likeness (QED) is 0.506. The molecule has 3 aliphatic rings. The van der Waals surface area contributed by atoms with E-state index in [-0.39, 0.29) is 17.7 Å². The van der Waals surface area contributed by atoms with Gasteiger partial charge in [-0.25, -0.2) is 14.8 Å². The van der Waals surface area contributed by atoms with Gasteiger partial charge in [-0.3, -0.25) is 14.5 Å². The van der Waals surface area contributed by atoms with Crippen LogP contribution in [0.15, 0.2) is 36.3 Å². The highest BCUT2D eigenvalue weighted by molar-refractivity contribution is 6.31. The van der Waals surface area contributed by atoms with Crippen LogP contribution in [-0.4, -0.2) is 95.5 Å². The van der Waals surface area contributed by atoms with Crippen molar-refractivity contribution in [2.24, 2.45) is 11.8 Å². The Bertz CT molecular complexity index is 1340. The first-order valence-electron chi connectivity index (χ1n) is 13.6. The number of fused-ring (bicyclic) bond motifs is 1. The van der Waals surface area contributed by atoms with Crippen molar-refractivity contribution in [1.82, 2.24) is 24.7 Å². The maximum atomic E-state index is 13.5. The molecule has 2 fully saturated rings. The third-order valence-corrected chi connectivity index (χ3v) is 8.51. The number of benzene rings is 1. The Kier molecular flexibility index (Phi) is 8.09. The third kappa shape index (κ3) is 5.55. The van der Waals surface area contributed by atoms with Crippen LogP contribution in [0.4, 0.5) is 10.5 Å². The van der Waals surface area contributed by atoms with Gasteiger partial charge in [-0.2, -0.15) is 0 Å². The molecule has 2 aromatic rings. The smallest absolute Gasteiger partial charge is 0.409 e. The van der Waals surface area contributed by atoms with Crippen molar-refractivity contribution < 1.29 is 19.1 Å². The molecule has 11 heteroatoms. The third-order valence-electron chi connectivity index (χ3n) is 8.10. The molecule has 0 aliphatic carbocycles. The number of aromatic nitrogens is 2. The molecule has 1 atom stereocenters. The summed E-state index contributed by atoms with van der Waals surface area (Å²) in [5.74, 6) is -0.00849. The van der Waals surface area contributed by atoms with Gasteiger partial charge in [0.2, 0.25) is 5.91 Å². The number of anilines is 1. The fourth-order valence-electron chi connectivity index (χ4n) is 5.75. The molecule has 212 valence electrons. The van der Waals surface area contributed by atoms with Gasteiger partial charge in [-0.1, -0.05) is 17.7 Å². The molecule has 4 heterocycles. The molecule has 5 rings (SSSR count). The normalized spacial score (nSPS) is 18.8. The van der Waals surface area contributed by atoms with Gasteiger partial charge in [0.15, 0.2) is 0 Å². The van der Waals surface area contributed by atoms with E-state index in [0.29, 0.717) is 54.1 Å². The number of likely N-dealkylation sites (tertiary alicyclic amines) is 2. The van der Waals surface area contributed by atoms with Crippen molar-refractivity contribution in [2.45, 2.75) is 27.2 Å². The number of rotatable bonds is 7. The minimum Gasteiger partial charge on any atom is -0.453 e. The van der Waals surface area contributed by atoms with Crippen molar-refractivity contribution in [3.63, 3.8) is 0 Å². The summed E-state index contributed by atoms with van der Waals surface area (Å²) in [5.41, 5.74) is 4.96. The molecule has 40 heavy (non-hydrogen) atoms. The van der Waals surface area contributed by atoms with E-state index >= 15 is 0 Å². The van der Waals surface area contributed by atoms with Gasteiger partial charge >= 0.3 is 6.09 Å². The molecular formula is C29H35ClN6O4. The number of ether oxygens (including phenoxy) is 1. The summed E-state index contributed by atoms with van der Waals surface area (Å²) in [5, 5.41) is 0.617. The zero-order valence-corrected chi connectivity index (χ0v) is 24.1. The van der Waals surface area contributed by atoms with E-state index in [1.807, 2.05) is 45.2 Å². The lowest BCUT2D eigenvalue weighted by molar-refractivity contribution is -0.126. The number of nitrogens with zero attached hydrogens (tertiary/aromatic N) is 6. The molecule has 0 radical (unpaired) electrons. The van der Waals surface area contributed by atoms with E-state index in [1.165, 1.54) is 23.9 Å². The number of amides is 3. The average molecular weight is 567 g/mol. The Balaban J connectivity index is 1.19. The highest BCUT2D eigenvalue weighted by Gasteiger charge is 2.39. The first kappa shape index (κ1) is 28.0. The summed E-state index contributed by atoms with van der Waals surface area (Å²) >= 11 is 6.40. The van der Waals surface area contributed by atoms with Gasteiger partial charge in [-0.05, 0) is 50.5 Å². The molecule has 3 amide bonds. The molecular weight excluding hydrogens is 532 g/mol. The van der Waals surface area contributed by atoms with Gasteiger partial charge in [0.05, 0.1) is 30.0 Å². The first-order chi connectivity index (χ1) is 19.2.